The van der Waals surface area contributed by atoms with Gasteiger partial charge in [0.1, 0.15) is 0 Å². The molecule has 0 aromatic rings. The first-order valence-corrected chi connectivity index (χ1v) is 7.34. The molecule has 0 aromatic carbocycles. The highest BCUT2D eigenvalue weighted by atomic mass is 32.2. The summed E-state index contributed by atoms with van der Waals surface area (Å²) in [7, 11) is 0. The third-order valence-electron chi connectivity index (χ3n) is 2.68. The van der Waals surface area contributed by atoms with Gasteiger partial charge in [-0.2, -0.15) is 17.0 Å². The average molecular weight is 242 g/mol. The van der Waals surface area contributed by atoms with Crippen molar-refractivity contribution in [2.75, 3.05) is 24.7 Å². The summed E-state index contributed by atoms with van der Waals surface area (Å²) >= 11 is 1.91. The molecule has 1 aliphatic rings. The fraction of sp³-hybridized carbons (Fsp3) is 0.917. The van der Waals surface area contributed by atoms with Gasteiger partial charge in [0.05, 0.1) is 18.2 Å². The molecule has 1 heterocycles. The van der Waals surface area contributed by atoms with Crippen LogP contribution >= 0.6 is 11.8 Å². The van der Waals surface area contributed by atoms with Crippen LogP contribution in [0.2, 0.25) is 0 Å². The highest BCUT2D eigenvalue weighted by molar-refractivity contribution is 7.99. The summed E-state index contributed by atoms with van der Waals surface area (Å²) in [4.78, 5) is 0. The summed E-state index contributed by atoms with van der Waals surface area (Å²) in [5.41, 5.74) is 0. The van der Waals surface area contributed by atoms with Crippen LogP contribution < -0.4 is 5.32 Å². The molecule has 1 fully saturated rings. The summed E-state index contributed by atoms with van der Waals surface area (Å²) in [6.07, 6.45) is 4.91. The van der Waals surface area contributed by atoms with Gasteiger partial charge in [-0.3, -0.25) is 0 Å². The van der Waals surface area contributed by atoms with Gasteiger partial charge in [-0.25, -0.2) is 0 Å². The minimum absolute atomic E-state index is 0.0250. The summed E-state index contributed by atoms with van der Waals surface area (Å²) in [5.74, 6) is 2.14. The molecular formula is C12H22N2OS. The molecule has 0 radical (unpaired) electrons. The second kappa shape index (κ2) is 8.86. The molecule has 1 N–H and O–H groups in total. The topological polar surface area (TPSA) is 45.0 Å². The fourth-order valence-corrected chi connectivity index (χ4v) is 2.82. The van der Waals surface area contributed by atoms with Gasteiger partial charge in [0.25, 0.3) is 0 Å². The first-order valence-electron chi connectivity index (χ1n) is 6.19. The first kappa shape index (κ1) is 13.8. The number of thioether (sulfide) groups is 1. The van der Waals surface area contributed by atoms with Crippen molar-refractivity contribution in [3.8, 4) is 6.07 Å². The van der Waals surface area contributed by atoms with Gasteiger partial charge in [-0.05, 0) is 38.0 Å². The van der Waals surface area contributed by atoms with E-state index < -0.39 is 0 Å². The Kier molecular flexibility index (Phi) is 7.65. The molecule has 0 aliphatic carbocycles. The maximum Gasteiger partial charge on any atom is 0.0960 e. The normalized spacial score (nSPS) is 21.9. The highest BCUT2D eigenvalue weighted by Crippen LogP contribution is 2.17. The van der Waals surface area contributed by atoms with E-state index in [2.05, 4.69) is 18.3 Å². The molecule has 3 nitrogen and oxygen atoms in total. The maximum absolute atomic E-state index is 8.92. The quantitative estimate of drug-likeness (QED) is 0.663. The number of nitrogens with one attached hydrogen (secondary N) is 1. The second-order valence-corrected chi connectivity index (χ2v) is 5.28. The Bertz CT molecular complexity index is 212. The largest absolute Gasteiger partial charge is 0.377 e. The molecule has 1 aliphatic heterocycles. The second-order valence-electron chi connectivity index (χ2n) is 4.13. The van der Waals surface area contributed by atoms with Crippen molar-refractivity contribution in [1.29, 1.82) is 5.26 Å². The molecule has 0 bridgehead atoms. The number of ether oxygens (including phenoxy) is 1. The zero-order chi connectivity index (χ0) is 11.6. The molecule has 4 heteroatoms. The standard InChI is InChI=1S/C12H22N2OS/c1-2-6-14-11(9-13)5-8-16-10-12-4-3-7-15-12/h11-12,14H,2-8,10H2,1H3. The van der Waals surface area contributed by atoms with Gasteiger partial charge in [-0.15, -0.1) is 0 Å². The number of nitriles is 1. The maximum atomic E-state index is 8.92. The zero-order valence-electron chi connectivity index (χ0n) is 10.1. The molecule has 0 spiro atoms. The van der Waals surface area contributed by atoms with Crippen molar-refractivity contribution in [3.63, 3.8) is 0 Å². The Morgan fingerprint density at radius 1 is 1.62 bits per heavy atom. The highest BCUT2D eigenvalue weighted by Gasteiger charge is 2.15. The number of hydrogen-bond acceptors (Lipinski definition) is 4. The van der Waals surface area contributed by atoms with Crippen LogP contribution in [0, 0.1) is 11.3 Å². The lowest BCUT2D eigenvalue weighted by Gasteiger charge is -2.11. The number of hydrogen-bond donors (Lipinski definition) is 1. The summed E-state index contributed by atoms with van der Waals surface area (Å²) in [5, 5.41) is 12.2. The van der Waals surface area contributed by atoms with E-state index in [4.69, 9.17) is 10.00 Å². The summed E-state index contributed by atoms with van der Waals surface area (Å²) in [6.45, 7) is 3.99. The molecule has 2 unspecified atom stereocenters. The van der Waals surface area contributed by atoms with E-state index in [9.17, 15) is 0 Å². The lowest BCUT2D eigenvalue weighted by molar-refractivity contribution is 0.129. The van der Waals surface area contributed by atoms with Crippen molar-refractivity contribution in [1.82, 2.24) is 5.32 Å². The molecular weight excluding hydrogens is 220 g/mol. The predicted octanol–water partition coefficient (Wildman–Crippen LogP) is 2.18. The van der Waals surface area contributed by atoms with E-state index >= 15 is 0 Å². The van der Waals surface area contributed by atoms with Crippen LogP contribution in [-0.2, 0) is 4.74 Å². The predicted molar refractivity (Wildman–Crippen MR) is 68.6 cm³/mol. The van der Waals surface area contributed by atoms with Gasteiger partial charge >= 0.3 is 0 Å². The third kappa shape index (κ3) is 5.74. The average Bonchev–Trinajstić information content (AvgIpc) is 2.81. The Hall–Kier alpha value is -0.240. The Balaban J connectivity index is 1.97. The van der Waals surface area contributed by atoms with Crippen LogP contribution in [0.3, 0.4) is 0 Å². The van der Waals surface area contributed by atoms with E-state index in [0.717, 1.165) is 37.5 Å². The number of nitrogens with zero attached hydrogens (tertiary/aromatic N) is 1. The molecule has 0 aromatic heterocycles. The van der Waals surface area contributed by atoms with Crippen LogP contribution in [0.25, 0.3) is 0 Å². The SMILES string of the molecule is CCCNC(C#N)CCSCC1CCCO1. The van der Waals surface area contributed by atoms with Gasteiger partial charge < -0.3 is 10.1 Å². The van der Waals surface area contributed by atoms with Crippen molar-refractivity contribution < 1.29 is 4.74 Å². The molecule has 0 saturated carbocycles. The van der Waals surface area contributed by atoms with E-state index in [0.29, 0.717) is 6.10 Å². The summed E-state index contributed by atoms with van der Waals surface area (Å²) in [6, 6.07) is 2.33. The first-order chi connectivity index (χ1) is 7.86. The van der Waals surface area contributed by atoms with E-state index in [1.807, 2.05) is 11.8 Å². The lowest BCUT2D eigenvalue weighted by atomic mass is 10.2. The minimum Gasteiger partial charge on any atom is -0.377 e. The van der Waals surface area contributed by atoms with Gasteiger partial charge in [0, 0.05) is 12.4 Å². The van der Waals surface area contributed by atoms with Crippen molar-refractivity contribution in [3.05, 3.63) is 0 Å². The van der Waals surface area contributed by atoms with Crippen molar-refractivity contribution in [2.24, 2.45) is 0 Å². The van der Waals surface area contributed by atoms with Gasteiger partial charge in [0.15, 0.2) is 0 Å². The van der Waals surface area contributed by atoms with E-state index in [1.54, 1.807) is 0 Å². The molecule has 16 heavy (non-hydrogen) atoms. The van der Waals surface area contributed by atoms with Crippen LogP contribution in [0.4, 0.5) is 0 Å². The van der Waals surface area contributed by atoms with Crippen LogP contribution in [0.1, 0.15) is 32.6 Å². The monoisotopic (exact) mass is 242 g/mol. The molecule has 0 amide bonds. The Morgan fingerprint density at radius 2 is 2.50 bits per heavy atom. The Labute approximate surface area is 103 Å². The smallest absolute Gasteiger partial charge is 0.0960 e. The van der Waals surface area contributed by atoms with E-state index in [1.165, 1.54) is 12.8 Å². The van der Waals surface area contributed by atoms with Crippen LogP contribution in [0.15, 0.2) is 0 Å². The van der Waals surface area contributed by atoms with Gasteiger partial charge in [-0.1, -0.05) is 6.92 Å². The molecule has 1 saturated heterocycles. The molecule has 1 rings (SSSR count). The fourth-order valence-electron chi connectivity index (χ4n) is 1.72. The zero-order valence-corrected chi connectivity index (χ0v) is 10.9. The lowest BCUT2D eigenvalue weighted by Crippen LogP contribution is -2.28. The van der Waals surface area contributed by atoms with Crippen LogP contribution in [-0.4, -0.2) is 36.8 Å². The summed E-state index contributed by atoms with van der Waals surface area (Å²) < 4.78 is 5.55. The van der Waals surface area contributed by atoms with Crippen molar-refractivity contribution >= 4 is 11.8 Å². The van der Waals surface area contributed by atoms with Gasteiger partial charge in [0.2, 0.25) is 0 Å². The third-order valence-corrected chi connectivity index (χ3v) is 3.81. The van der Waals surface area contributed by atoms with Crippen molar-refractivity contribution in [2.45, 2.75) is 44.8 Å². The Morgan fingerprint density at radius 3 is 3.12 bits per heavy atom. The molecule has 92 valence electrons. The van der Waals surface area contributed by atoms with Crippen LogP contribution in [0.5, 0.6) is 0 Å². The van der Waals surface area contributed by atoms with E-state index in [-0.39, 0.29) is 6.04 Å². The minimum atomic E-state index is 0.0250. The molecule has 2 atom stereocenters. The number of rotatable bonds is 8.